The Balaban J connectivity index is 4.43. The van der Waals surface area contributed by atoms with E-state index < -0.39 is 36.9 Å². The van der Waals surface area contributed by atoms with Gasteiger partial charge in [0, 0.05) is 7.11 Å². The predicted octanol–water partition coefficient (Wildman–Crippen LogP) is -0.858. The molecule has 0 aliphatic carbocycles. The zero-order valence-electron chi connectivity index (χ0n) is 8.41. The average Bonchev–Trinajstić information content (AvgIpc) is 2.18. The van der Waals surface area contributed by atoms with Crippen LogP contribution in [0.5, 0.6) is 0 Å². The van der Waals surface area contributed by atoms with Crippen molar-refractivity contribution in [3.8, 4) is 0 Å². The minimum Gasteiger partial charge on any atom is -0.481 e. The predicted molar refractivity (Wildman–Crippen MR) is 47.2 cm³/mol. The molecule has 0 radical (unpaired) electrons. The summed E-state index contributed by atoms with van der Waals surface area (Å²) in [6.45, 7) is 0.707. The Morgan fingerprint density at radius 2 is 1.80 bits per heavy atom. The molecule has 3 N–H and O–H groups in total. The second-order valence-corrected chi connectivity index (χ2v) is 2.89. The number of rotatable bonds is 7. The van der Waals surface area contributed by atoms with E-state index in [9.17, 15) is 9.59 Å². The van der Waals surface area contributed by atoms with E-state index in [1.807, 2.05) is 0 Å². The number of carboxylic acid groups (broad SMARTS) is 2. The van der Waals surface area contributed by atoms with Gasteiger partial charge < -0.3 is 24.8 Å². The third kappa shape index (κ3) is 4.24. The molecule has 0 saturated heterocycles. The van der Waals surface area contributed by atoms with Crippen molar-refractivity contribution in [3.05, 3.63) is 0 Å². The summed E-state index contributed by atoms with van der Waals surface area (Å²) in [5, 5.41) is 26.0. The lowest BCUT2D eigenvalue weighted by Crippen LogP contribution is -2.38. The smallest absolute Gasteiger partial charge is 0.361 e. The van der Waals surface area contributed by atoms with Crippen LogP contribution in [-0.4, -0.2) is 53.4 Å². The van der Waals surface area contributed by atoms with E-state index in [4.69, 9.17) is 20.1 Å². The van der Waals surface area contributed by atoms with Crippen molar-refractivity contribution in [1.82, 2.24) is 0 Å². The topological polar surface area (TPSA) is 113 Å². The van der Waals surface area contributed by atoms with Crippen LogP contribution in [-0.2, 0) is 19.1 Å². The first-order chi connectivity index (χ1) is 6.93. The standard InChI is InChI=1S/C8H14O7/c1-4(6(10)11)5(3-9)15-8(14-2)7(12)13/h4-5,8-9H,3H2,1-2H3,(H,10,11)(H,12,13). The van der Waals surface area contributed by atoms with Gasteiger partial charge in [0.15, 0.2) is 0 Å². The molecule has 0 aliphatic heterocycles. The number of aliphatic hydroxyl groups excluding tert-OH is 1. The SMILES string of the molecule is COC(OC(CO)C(C)C(=O)O)C(=O)O. The number of hydrogen-bond donors (Lipinski definition) is 3. The highest BCUT2D eigenvalue weighted by atomic mass is 16.7. The third-order valence-electron chi connectivity index (χ3n) is 1.84. The fourth-order valence-electron chi connectivity index (χ4n) is 0.851. The Labute approximate surface area is 86.2 Å². The molecule has 7 nitrogen and oxygen atoms in total. The highest BCUT2D eigenvalue weighted by Gasteiger charge is 2.29. The average molecular weight is 222 g/mol. The molecule has 0 amide bonds. The molecule has 0 aliphatic rings. The lowest BCUT2D eigenvalue weighted by molar-refractivity contribution is -0.205. The molecule has 3 unspecified atom stereocenters. The van der Waals surface area contributed by atoms with Crippen molar-refractivity contribution in [2.24, 2.45) is 5.92 Å². The summed E-state index contributed by atoms with van der Waals surface area (Å²) in [4.78, 5) is 21.1. The van der Waals surface area contributed by atoms with Crippen molar-refractivity contribution in [1.29, 1.82) is 0 Å². The molecule has 0 spiro atoms. The Hall–Kier alpha value is -1.18. The minimum absolute atomic E-state index is 0.597. The van der Waals surface area contributed by atoms with Crippen molar-refractivity contribution < 1.29 is 34.4 Å². The van der Waals surface area contributed by atoms with Crippen LogP contribution in [0.3, 0.4) is 0 Å². The van der Waals surface area contributed by atoms with Gasteiger partial charge in [-0.05, 0) is 6.92 Å². The van der Waals surface area contributed by atoms with E-state index in [0.29, 0.717) is 0 Å². The molecule has 0 saturated carbocycles. The number of hydrogen-bond acceptors (Lipinski definition) is 5. The second kappa shape index (κ2) is 6.33. The van der Waals surface area contributed by atoms with Crippen LogP contribution in [0.15, 0.2) is 0 Å². The number of aliphatic hydroxyl groups is 1. The van der Waals surface area contributed by atoms with E-state index in [1.54, 1.807) is 0 Å². The molecular formula is C8H14O7. The molecule has 0 aromatic heterocycles. The maximum atomic E-state index is 10.6. The van der Waals surface area contributed by atoms with Gasteiger partial charge in [0.1, 0.15) is 0 Å². The fourth-order valence-corrected chi connectivity index (χ4v) is 0.851. The van der Waals surface area contributed by atoms with Gasteiger partial charge in [0.2, 0.25) is 0 Å². The first-order valence-electron chi connectivity index (χ1n) is 4.18. The molecule has 0 rings (SSSR count). The normalized spacial score (nSPS) is 16.7. The van der Waals surface area contributed by atoms with Gasteiger partial charge in [0.25, 0.3) is 6.29 Å². The fraction of sp³-hybridized carbons (Fsp3) is 0.750. The monoisotopic (exact) mass is 222 g/mol. The van der Waals surface area contributed by atoms with E-state index in [-0.39, 0.29) is 0 Å². The third-order valence-corrected chi connectivity index (χ3v) is 1.84. The van der Waals surface area contributed by atoms with Gasteiger partial charge in [-0.3, -0.25) is 4.79 Å². The highest BCUT2D eigenvalue weighted by Crippen LogP contribution is 2.10. The van der Waals surface area contributed by atoms with Crippen LogP contribution < -0.4 is 0 Å². The van der Waals surface area contributed by atoms with Gasteiger partial charge in [-0.15, -0.1) is 0 Å². The van der Waals surface area contributed by atoms with Crippen molar-refractivity contribution >= 4 is 11.9 Å². The molecule has 3 atom stereocenters. The Kier molecular flexibility index (Phi) is 5.83. The van der Waals surface area contributed by atoms with Gasteiger partial charge in [-0.2, -0.15) is 0 Å². The van der Waals surface area contributed by atoms with Crippen LogP contribution in [0, 0.1) is 5.92 Å². The summed E-state index contributed by atoms with van der Waals surface area (Å²) in [5.74, 6) is -3.59. The number of ether oxygens (including phenoxy) is 2. The largest absolute Gasteiger partial charge is 0.481 e. The van der Waals surface area contributed by atoms with E-state index in [2.05, 4.69) is 4.74 Å². The van der Waals surface area contributed by atoms with Crippen molar-refractivity contribution in [2.45, 2.75) is 19.3 Å². The Morgan fingerprint density at radius 1 is 1.27 bits per heavy atom. The Morgan fingerprint density at radius 3 is 2.07 bits per heavy atom. The number of methoxy groups -OCH3 is 1. The van der Waals surface area contributed by atoms with Crippen LogP contribution in [0.2, 0.25) is 0 Å². The molecule has 7 heteroatoms. The molecule has 0 aromatic rings. The molecule has 0 heterocycles. The number of carbonyl (C=O) groups is 2. The molecule has 0 fully saturated rings. The van der Waals surface area contributed by atoms with Crippen LogP contribution in [0.25, 0.3) is 0 Å². The summed E-state index contributed by atoms with van der Waals surface area (Å²) in [7, 11) is 1.11. The number of aliphatic carboxylic acids is 2. The maximum absolute atomic E-state index is 10.6. The molecule has 15 heavy (non-hydrogen) atoms. The maximum Gasteiger partial charge on any atom is 0.361 e. The highest BCUT2D eigenvalue weighted by molar-refractivity contribution is 5.71. The number of carboxylic acids is 2. The van der Waals surface area contributed by atoms with Crippen LogP contribution in [0.4, 0.5) is 0 Å². The van der Waals surface area contributed by atoms with E-state index in [1.165, 1.54) is 6.92 Å². The zero-order valence-corrected chi connectivity index (χ0v) is 8.41. The van der Waals surface area contributed by atoms with Crippen molar-refractivity contribution in [2.75, 3.05) is 13.7 Å². The summed E-state index contributed by atoms with van der Waals surface area (Å²) >= 11 is 0. The summed E-state index contributed by atoms with van der Waals surface area (Å²) in [5.41, 5.74) is 0. The van der Waals surface area contributed by atoms with Crippen LogP contribution in [0.1, 0.15) is 6.92 Å². The first kappa shape index (κ1) is 13.8. The lowest BCUT2D eigenvalue weighted by Gasteiger charge is -2.22. The second-order valence-electron chi connectivity index (χ2n) is 2.89. The van der Waals surface area contributed by atoms with Gasteiger partial charge >= 0.3 is 11.9 Å². The quantitative estimate of drug-likeness (QED) is 0.480. The summed E-state index contributed by atoms with van der Waals surface area (Å²) in [6, 6.07) is 0. The van der Waals surface area contributed by atoms with Gasteiger partial charge in [-0.1, -0.05) is 0 Å². The summed E-state index contributed by atoms with van der Waals surface area (Å²) in [6.07, 6.45) is -2.70. The van der Waals surface area contributed by atoms with E-state index in [0.717, 1.165) is 7.11 Å². The minimum atomic E-state index is -1.58. The van der Waals surface area contributed by atoms with E-state index >= 15 is 0 Å². The first-order valence-corrected chi connectivity index (χ1v) is 4.18. The van der Waals surface area contributed by atoms with Crippen LogP contribution >= 0.6 is 0 Å². The molecule has 0 aromatic carbocycles. The molecule has 88 valence electrons. The Bertz CT molecular complexity index is 227. The van der Waals surface area contributed by atoms with Gasteiger partial charge in [-0.25, -0.2) is 4.79 Å². The molecule has 0 bridgehead atoms. The lowest BCUT2D eigenvalue weighted by atomic mass is 10.1. The summed E-state index contributed by atoms with van der Waals surface area (Å²) < 4.78 is 9.23. The van der Waals surface area contributed by atoms with Crippen molar-refractivity contribution in [3.63, 3.8) is 0 Å². The zero-order chi connectivity index (χ0) is 12.0. The molecular weight excluding hydrogens is 208 g/mol. The van der Waals surface area contributed by atoms with Gasteiger partial charge in [0.05, 0.1) is 18.6 Å².